The SMILES string of the molecule is C[C@@H](SC[C@@H]1CCCO1)C(=O)c1c(N)n(C)c(=O)n(C)c1=O. The van der Waals surface area contributed by atoms with Gasteiger partial charge in [-0.3, -0.25) is 18.7 Å². The molecule has 1 aliphatic rings. The van der Waals surface area contributed by atoms with Crippen LogP contribution < -0.4 is 17.0 Å². The molecule has 0 saturated carbocycles. The molecule has 2 heterocycles. The molecule has 1 aromatic heterocycles. The first-order valence-corrected chi connectivity index (χ1v) is 8.22. The molecule has 1 fully saturated rings. The molecule has 122 valence electrons. The van der Waals surface area contributed by atoms with E-state index in [1.165, 1.54) is 25.9 Å². The van der Waals surface area contributed by atoms with E-state index in [-0.39, 0.29) is 23.3 Å². The highest BCUT2D eigenvalue weighted by Gasteiger charge is 2.26. The monoisotopic (exact) mass is 327 g/mol. The van der Waals surface area contributed by atoms with E-state index in [9.17, 15) is 14.4 Å². The maximum atomic E-state index is 12.5. The number of anilines is 1. The van der Waals surface area contributed by atoms with Crippen LogP contribution in [0.5, 0.6) is 0 Å². The van der Waals surface area contributed by atoms with E-state index >= 15 is 0 Å². The highest BCUT2D eigenvalue weighted by Crippen LogP contribution is 2.22. The molecule has 22 heavy (non-hydrogen) atoms. The third-order valence-corrected chi connectivity index (χ3v) is 5.16. The van der Waals surface area contributed by atoms with Crippen LogP contribution in [0.4, 0.5) is 5.82 Å². The fourth-order valence-corrected chi connectivity index (χ4v) is 3.43. The number of ether oxygens (including phenoxy) is 1. The average Bonchev–Trinajstić information content (AvgIpc) is 3.02. The van der Waals surface area contributed by atoms with Crippen molar-refractivity contribution in [3.8, 4) is 0 Å². The fraction of sp³-hybridized carbons (Fsp3) is 0.643. The molecule has 1 aromatic rings. The minimum absolute atomic E-state index is 0.0809. The number of rotatable bonds is 5. The van der Waals surface area contributed by atoms with Gasteiger partial charge >= 0.3 is 5.69 Å². The average molecular weight is 327 g/mol. The molecular formula is C14H21N3O4S. The van der Waals surface area contributed by atoms with Crippen LogP contribution in [0.3, 0.4) is 0 Å². The van der Waals surface area contributed by atoms with Gasteiger partial charge in [-0.1, -0.05) is 0 Å². The normalized spacial score (nSPS) is 19.3. The van der Waals surface area contributed by atoms with E-state index in [0.29, 0.717) is 5.75 Å². The van der Waals surface area contributed by atoms with E-state index in [0.717, 1.165) is 28.6 Å². The number of Topliss-reactive ketones (excluding diaryl/α,β-unsaturated/α-hetero) is 1. The van der Waals surface area contributed by atoms with Crippen LogP contribution in [0, 0.1) is 0 Å². The third kappa shape index (κ3) is 3.12. The first-order chi connectivity index (χ1) is 10.3. The molecule has 0 spiro atoms. The summed E-state index contributed by atoms with van der Waals surface area (Å²) in [6.07, 6.45) is 2.21. The summed E-state index contributed by atoms with van der Waals surface area (Å²) in [5.74, 6) is 0.276. The van der Waals surface area contributed by atoms with Gasteiger partial charge in [0.25, 0.3) is 5.56 Å². The number of nitrogens with zero attached hydrogens (tertiary/aromatic N) is 2. The number of nitrogens with two attached hydrogens (primary N) is 1. The lowest BCUT2D eigenvalue weighted by Gasteiger charge is -2.16. The molecule has 8 heteroatoms. The standard InChI is InChI=1S/C14H21N3O4S/c1-8(22-7-9-5-4-6-21-9)11(18)10-12(15)16(2)14(20)17(3)13(10)19/h8-9H,4-7,15H2,1-3H3/t8-,9+/m1/s1. The summed E-state index contributed by atoms with van der Waals surface area (Å²) >= 11 is 1.44. The summed E-state index contributed by atoms with van der Waals surface area (Å²) in [7, 11) is 2.78. The minimum atomic E-state index is -0.643. The number of nitrogen functional groups attached to an aromatic ring is 1. The van der Waals surface area contributed by atoms with Gasteiger partial charge in [-0.05, 0) is 19.8 Å². The van der Waals surface area contributed by atoms with Crippen LogP contribution in [0.25, 0.3) is 0 Å². The number of ketones is 1. The molecule has 0 radical (unpaired) electrons. The van der Waals surface area contributed by atoms with Gasteiger partial charge in [-0.2, -0.15) is 0 Å². The van der Waals surface area contributed by atoms with Crippen molar-refractivity contribution in [3.63, 3.8) is 0 Å². The Hall–Kier alpha value is -1.54. The summed E-state index contributed by atoms with van der Waals surface area (Å²) in [4.78, 5) is 36.5. The zero-order chi connectivity index (χ0) is 16.4. The third-order valence-electron chi connectivity index (χ3n) is 3.88. The molecular weight excluding hydrogens is 306 g/mol. The molecule has 2 rings (SSSR count). The summed E-state index contributed by atoms with van der Waals surface area (Å²) in [6.45, 7) is 2.51. The maximum absolute atomic E-state index is 12.5. The van der Waals surface area contributed by atoms with Gasteiger partial charge in [0.1, 0.15) is 11.4 Å². The van der Waals surface area contributed by atoms with Gasteiger partial charge < -0.3 is 10.5 Å². The fourth-order valence-electron chi connectivity index (χ4n) is 2.40. The van der Waals surface area contributed by atoms with Gasteiger partial charge in [-0.25, -0.2) is 4.79 Å². The number of carbonyl (C=O) groups is 1. The topological polar surface area (TPSA) is 96.3 Å². The number of thioether (sulfide) groups is 1. The van der Waals surface area contributed by atoms with E-state index in [4.69, 9.17) is 10.5 Å². The maximum Gasteiger partial charge on any atom is 0.332 e. The Morgan fingerprint density at radius 3 is 2.68 bits per heavy atom. The second-order valence-electron chi connectivity index (χ2n) is 5.44. The van der Waals surface area contributed by atoms with E-state index in [1.54, 1.807) is 6.92 Å². The Balaban J connectivity index is 2.21. The summed E-state index contributed by atoms with van der Waals surface area (Å²) in [6, 6.07) is 0. The molecule has 2 N–H and O–H groups in total. The van der Waals surface area contributed by atoms with Gasteiger partial charge in [0.2, 0.25) is 0 Å². The Bertz CT molecular complexity index is 689. The molecule has 1 aliphatic heterocycles. The van der Waals surface area contributed by atoms with Crippen molar-refractivity contribution in [1.29, 1.82) is 0 Å². The van der Waals surface area contributed by atoms with E-state index < -0.39 is 16.5 Å². The molecule has 1 saturated heterocycles. The van der Waals surface area contributed by atoms with E-state index in [2.05, 4.69) is 0 Å². The Labute approximate surface area is 132 Å². The number of carbonyl (C=O) groups excluding carboxylic acids is 1. The van der Waals surface area contributed by atoms with Crippen molar-refractivity contribution >= 4 is 23.4 Å². The van der Waals surface area contributed by atoms with E-state index in [1.807, 2.05) is 0 Å². The molecule has 0 aromatic carbocycles. The van der Waals surface area contributed by atoms with Crippen molar-refractivity contribution in [2.75, 3.05) is 18.1 Å². The molecule has 0 aliphatic carbocycles. The second kappa shape index (κ2) is 6.70. The quantitative estimate of drug-likeness (QED) is 0.773. The summed E-state index contributed by atoms with van der Waals surface area (Å²) in [5.41, 5.74) is 4.50. The van der Waals surface area contributed by atoms with Crippen molar-refractivity contribution in [2.24, 2.45) is 14.1 Å². The Morgan fingerprint density at radius 2 is 2.09 bits per heavy atom. The molecule has 0 unspecified atom stereocenters. The summed E-state index contributed by atoms with van der Waals surface area (Å²) in [5, 5.41) is -0.420. The van der Waals surface area contributed by atoms with Gasteiger partial charge in [-0.15, -0.1) is 11.8 Å². The van der Waals surface area contributed by atoms with Crippen molar-refractivity contribution in [3.05, 3.63) is 26.4 Å². The summed E-state index contributed by atoms with van der Waals surface area (Å²) < 4.78 is 7.54. The van der Waals surface area contributed by atoms with Crippen LogP contribution in [0.15, 0.2) is 9.59 Å². The number of aromatic nitrogens is 2. The Morgan fingerprint density at radius 1 is 1.41 bits per heavy atom. The first-order valence-electron chi connectivity index (χ1n) is 7.17. The number of hydrogen-bond donors (Lipinski definition) is 1. The minimum Gasteiger partial charge on any atom is -0.384 e. The Kier molecular flexibility index (Phi) is 5.12. The second-order valence-corrected chi connectivity index (χ2v) is 6.81. The molecule has 2 atom stereocenters. The lowest BCUT2D eigenvalue weighted by molar-refractivity contribution is 0.0991. The highest BCUT2D eigenvalue weighted by molar-refractivity contribution is 8.00. The molecule has 7 nitrogen and oxygen atoms in total. The van der Waals surface area contributed by atoms with Gasteiger partial charge in [0.15, 0.2) is 5.78 Å². The zero-order valence-corrected chi connectivity index (χ0v) is 13.8. The first kappa shape index (κ1) is 16.8. The largest absolute Gasteiger partial charge is 0.384 e. The van der Waals surface area contributed by atoms with Crippen LogP contribution in [-0.4, -0.2) is 38.6 Å². The van der Waals surface area contributed by atoms with Crippen molar-refractivity contribution < 1.29 is 9.53 Å². The van der Waals surface area contributed by atoms with Crippen LogP contribution in [-0.2, 0) is 18.8 Å². The predicted molar refractivity (Wildman–Crippen MR) is 86.6 cm³/mol. The van der Waals surface area contributed by atoms with Crippen molar-refractivity contribution in [2.45, 2.75) is 31.1 Å². The lowest BCUT2D eigenvalue weighted by atomic mass is 10.1. The predicted octanol–water partition coefficient (Wildman–Crippen LogP) is 0.150. The lowest BCUT2D eigenvalue weighted by Crippen LogP contribution is -2.42. The molecule has 0 amide bonds. The van der Waals surface area contributed by atoms with Crippen molar-refractivity contribution in [1.82, 2.24) is 9.13 Å². The zero-order valence-electron chi connectivity index (χ0n) is 13.0. The van der Waals surface area contributed by atoms with Crippen LogP contribution in [0.1, 0.15) is 30.1 Å². The van der Waals surface area contributed by atoms with Gasteiger partial charge in [0.05, 0.1) is 11.4 Å². The highest BCUT2D eigenvalue weighted by atomic mass is 32.2. The van der Waals surface area contributed by atoms with Crippen LogP contribution in [0.2, 0.25) is 0 Å². The smallest absolute Gasteiger partial charge is 0.332 e. The number of hydrogen-bond acceptors (Lipinski definition) is 6. The van der Waals surface area contributed by atoms with Gasteiger partial charge in [0, 0.05) is 26.5 Å². The molecule has 0 bridgehead atoms. The van der Waals surface area contributed by atoms with Crippen LogP contribution >= 0.6 is 11.8 Å².